The van der Waals surface area contributed by atoms with Gasteiger partial charge in [0.1, 0.15) is 0 Å². The lowest BCUT2D eigenvalue weighted by molar-refractivity contribution is 0.102. The summed E-state index contributed by atoms with van der Waals surface area (Å²) in [6.07, 6.45) is 1.55. The van der Waals surface area contributed by atoms with Crippen LogP contribution in [0.25, 0.3) is 5.69 Å². The van der Waals surface area contributed by atoms with Crippen molar-refractivity contribution in [2.24, 2.45) is 0 Å². The third-order valence-corrected chi connectivity index (χ3v) is 5.85. The first-order chi connectivity index (χ1) is 14.5. The van der Waals surface area contributed by atoms with Crippen molar-refractivity contribution in [3.05, 3.63) is 92.8 Å². The number of carbonyl (C=O) groups is 2. The molecular formula is C22H17BrN4O2S. The van der Waals surface area contributed by atoms with Gasteiger partial charge in [-0.25, -0.2) is 4.68 Å². The van der Waals surface area contributed by atoms with Crippen LogP contribution in [0.15, 0.2) is 76.7 Å². The zero-order chi connectivity index (χ0) is 21.1. The first-order valence-corrected chi connectivity index (χ1v) is 10.8. The van der Waals surface area contributed by atoms with Crippen LogP contribution in [0, 0.1) is 6.92 Å². The molecule has 0 aliphatic heterocycles. The first-order valence-electron chi connectivity index (χ1n) is 9.08. The highest BCUT2D eigenvalue weighted by molar-refractivity contribution is 9.10. The van der Waals surface area contributed by atoms with Gasteiger partial charge in [0.05, 0.1) is 28.0 Å². The number of hydrogen-bond donors (Lipinski definition) is 2. The van der Waals surface area contributed by atoms with E-state index in [0.29, 0.717) is 21.8 Å². The molecule has 0 fully saturated rings. The number of carbonyl (C=O) groups excluding carboxylic acids is 2. The van der Waals surface area contributed by atoms with Crippen molar-refractivity contribution in [1.82, 2.24) is 9.78 Å². The Bertz CT molecular complexity index is 1200. The van der Waals surface area contributed by atoms with Gasteiger partial charge in [0.15, 0.2) is 0 Å². The van der Waals surface area contributed by atoms with Crippen LogP contribution in [-0.2, 0) is 0 Å². The van der Waals surface area contributed by atoms with Gasteiger partial charge in [-0.1, -0.05) is 28.1 Å². The van der Waals surface area contributed by atoms with Crippen molar-refractivity contribution in [2.75, 3.05) is 10.6 Å². The second-order valence-electron chi connectivity index (χ2n) is 6.50. The third-order valence-electron chi connectivity index (χ3n) is 4.45. The van der Waals surface area contributed by atoms with Gasteiger partial charge < -0.3 is 10.6 Å². The lowest BCUT2D eigenvalue weighted by Gasteiger charge is -2.09. The fourth-order valence-electron chi connectivity index (χ4n) is 2.95. The molecule has 0 unspecified atom stereocenters. The van der Waals surface area contributed by atoms with Crippen LogP contribution < -0.4 is 10.6 Å². The molecule has 2 heterocycles. The van der Waals surface area contributed by atoms with Gasteiger partial charge in [-0.3, -0.25) is 9.59 Å². The number of aromatic nitrogens is 2. The minimum absolute atomic E-state index is 0.180. The SMILES string of the molecule is Cc1c(C(=O)Nc2cccc(NC(=O)c3cccs3)c2)cnn1-c1ccc(Br)cc1. The molecule has 30 heavy (non-hydrogen) atoms. The quantitative estimate of drug-likeness (QED) is 0.395. The van der Waals surface area contributed by atoms with E-state index in [-0.39, 0.29) is 11.8 Å². The summed E-state index contributed by atoms with van der Waals surface area (Å²) in [5.74, 6) is -0.447. The molecule has 2 amide bonds. The summed E-state index contributed by atoms with van der Waals surface area (Å²) in [7, 11) is 0. The van der Waals surface area contributed by atoms with Crippen molar-refractivity contribution in [2.45, 2.75) is 6.92 Å². The van der Waals surface area contributed by atoms with Crippen molar-refractivity contribution >= 4 is 50.5 Å². The van der Waals surface area contributed by atoms with Crippen LogP contribution >= 0.6 is 27.3 Å². The molecule has 0 aliphatic rings. The zero-order valence-electron chi connectivity index (χ0n) is 15.9. The standard InChI is InChI=1S/C22H17BrN4O2S/c1-14-19(13-24-27(14)18-9-7-15(23)8-10-18)21(28)25-16-4-2-5-17(12-16)26-22(29)20-6-3-11-30-20/h2-13H,1H3,(H,25,28)(H,26,29). The Morgan fingerprint density at radius 3 is 2.33 bits per heavy atom. The summed E-state index contributed by atoms with van der Waals surface area (Å²) in [5.41, 5.74) is 3.27. The van der Waals surface area contributed by atoms with Crippen LogP contribution in [0.3, 0.4) is 0 Å². The first kappa shape index (κ1) is 20.1. The number of rotatable bonds is 5. The van der Waals surface area contributed by atoms with E-state index < -0.39 is 0 Å². The molecule has 6 nitrogen and oxygen atoms in total. The number of benzene rings is 2. The number of anilines is 2. The van der Waals surface area contributed by atoms with Crippen LogP contribution in [0.1, 0.15) is 25.7 Å². The molecule has 0 radical (unpaired) electrons. The summed E-state index contributed by atoms with van der Waals surface area (Å²) in [6, 6.07) is 18.3. The van der Waals surface area contributed by atoms with E-state index in [1.165, 1.54) is 11.3 Å². The molecule has 0 saturated heterocycles. The second-order valence-corrected chi connectivity index (χ2v) is 8.36. The summed E-state index contributed by atoms with van der Waals surface area (Å²) in [5, 5.41) is 11.9. The molecule has 4 aromatic rings. The van der Waals surface area contributed by atoms with Crippen LogP contribution in [0.2, 0.25) is 0 Å². The van der Waals surface area contributed by atoms with E-state index in [0.717, 1.165) is 15.9 Å². The molecule has 0 spiro atoms. The van der Waals surface area contributed by atoms with Crippen molar-refractivity contribution in [3.8, 4) is 5.69 Å². The average molecular weight is 481 g/mol. The highest BCUT2D eigenvalue weighted by atomic mass is 79.9. The fraction of sp³-hybridized carbons (Fsp3) is 0.0455. The predicted molar refractivity (Wildman–Crippen MR) is 123 cm³/mol. The Kier molecular flexibility index (Phi) is 5.78. The molecule has 2 N–H and O–H groups in total. The highest BCUT2D eigenvalue weighted by Crippen LogP contribution is 2.21. The monoisotopic (exact) mass is 480 g/mol. The second kappa shape index (κ2) is 8.64. The van der Waals surface area contributed by atoms with Gasteiger partial charge in [-0.2, -0.15) is 5.10 Å². The number of nitrogens with zero attached hydrogens (tertiary/aromatic N) is 2. The van der Waals surface area contributed by atoms with Crippen molar-refractivity contribution < 1.29 is 9.59 Å². The number of hydrogen-bond acceptors (Lipinski definition) is 4. The van der Waals surface area contributed by atoms with Gasteiger partial charge in [0.25, 0.3) is 11.8 Å². The molecular weight excluding hydrogens is 464 g/mol. The van der Waals surface area contributed by atoms with E-state index in [9.17, 15) is 9.59 Å². The number of nitrogens with one attached hydrogen (secondary N) is 2. The topological polar surface area (TPSA) is 76.0 Å². The fourth-order valence-corrected chi connectivity index (χ4v) is 3.83. The lowest BCUT2D eigenvalue weighted by Crippen LogP contribution is -2.14. The summed E-state index contributed by atoms with van der Waals surface area (Å²) in [4.78, 5) is 25.7. The molecule has 0 atom stereocenters. The average Bonchev–Trinajstić information content (AvgIpc) is 3.39. The maximum atomic E-state index is 12.8. The number of halogens is 1. The predicted octanol–water partition coefficient (Wildman–Crippen LogP) is 5.51. The Labute approximate surface area is 185 Å². The molecule has 0 bridgehead atoms. The van der Waals surface area contributed by atoms with Gasteiger partial charge in [0, 0.05) is 15.8 Å². The van der Waals surface area contributed by atoms with Gasteiger partial charge in [-0.05, 0) is 60.8 Å². The van der Waals surface area contributed by atoms with Gasteiger partial charge >= 0.3 is 0 Å². The van der Waals surface area contributed by atoms with E-state index >= 15 is 0 Å². The van der Waals surface area contributed by atoms with Gasteiger partial charge in [0.2, 0.25) is 0 Å². The lowest BCUT2D eigenvalue weighted by atomic mass is 10.2. The zero-order valence-corrected chi connectivity index (χ0v) is 18.3. The summed E-state index contributed by atoms with van der Waals surface area (Å²) in [6.45, 7) is 1.85. The number of thiophene rings is 1. The molecule has 8 heteroatoms. The van der Waals surface area contributed by atoms with E-state index in [1.54, 1.807) is 41.2 Å². The smallest absolute Gasteiger partial charge is 0.265 e. The Balaban J connectivity index is 1.49. The maximum Gasteiger partial charge on any atom is 0.265 e. The molecule has 4 rings (SSSR count). The van der Waals surface area contributed by atoms with Gasteiger partial charge in [-0.15, -0.1) is 11.3 Å². The van der Waals surface area contributed by atoms with Crippen LogP contribution in [0.4, 0.5) is 11.4 Å². The molecule has 2 aromatic carbocycles. The number of amides is 2. The van der Waals surface area contributed by atoms with E-state index in [2.05, 4.69) is 31.7 Å². The molecule has 0 saturated carbocycles. The third kappa shape index (κ3) is 4.34. The minimum Gasteiger partial charge on any atom is -0.322 e. The van der Waals surface area contributed by atoms with Crippen molar-refractivity contribution in [3.63, 3.8) is 0 Å². The van der Waals surface area contributed by atoms with E-state index in [4.69, 9.17) is 0 Å². The summed E-state index contributed by atoms with van der Waals surface area (Å²) < 4.78 is 2.69. The Hall–Kier alpha value is -3.23. The van der Waals surface area contributed by atoms with Crippen LogP contribution in [-0.4, -0.2) is 21.6 Å². The largest absolute Gasteiger partial charge is 0.322 e. The summed E-state index contributed by atoms with van der Waals surface area (Å²) >= 11 is 4.79. The minimum atomic E-state index is -0.266. The molecule has 2 aromatic heterocycles. The maximum absolute atomic E-state index is 12.8. The molecule has 150 valence electrons. The van der Waals surface area contributed by atoms with E-state index in [1.807, 2.05) is 42.6 Å². The Morgan fingerprint density at radius 2 is 1.67 bits per heavy atom. The Morgan fingerprint density at radius 1 is 0.967 bits per heavy atom. The normalized spacial score (nSPS) is 10.6. The molecule has 0 aliphatic carbocycles. The van der Waals surface area contributed by atoms with Crippen LogP contribution in [0.5, 0.6) is 0 Å². The highest BCUT2D eigenvalue weighted by Gasteiger charge is 2.16. The van der Waals surface area contributed by atoms with Crippen molar-refractivity contribution in [1.29, 1.82) is 0 Å².